The molecule has 1 rings (SSSR count). The number of carbonyl (C=O) groups excluding carboxylic acids is 1. The molecule has 1 aliphatic rings. The summed E-state index contributed by atoms with van der Waals surface area (Å²) in [4.78, 5) is 11.2. The summed E-state index contributed by atoms with van der Waals surface area (Å²) in [5, 5.41) is 8.78. The van der Waals surface area contributed by atoms with E-state index in [2.05, 4.69) is 4.74 Å². The fourth-order valence-electron chi connectivity index (χ4n) is 1.35. The van der Waals surface area contributed by atoms with E-state index in [1.165, 1.54) is 7.11 Å². The molecule has 2 atom stereocenters. The molecular formula is C8H15NO4. The van der Waals surface area contributed by atoms with Crippen molar-refractivity contribution in [1.82, 2.24) is 0 Å². The largest absolute Gasteiger partial charge is 0.468 e. The highest BCUT2D eigenvalue weighted by molar-refractivity contribution is 5.80. The van der Waals surface area contributed by atoms with Gasteiger partial charge in [0.25, 0.3) is 0 Å². The highest BCUT2D eigenvalue weighted by atomic mass is 16.5. The predicted molar refractivity (Wildman–Crippen MR) is 45.0 cm³/mol. The number of hydrogen-bond acceptors (Lipinski definition) is 5. The first-order valence-corrected chi connectivity index (χ1v) is 4.22. The summed E-state index contributed by atoms with van der Waals surface area (Å²) in [7, 11) is 1.30. The van der Waals surface area contributed by atoms with Crippen molar-refractivity contribution in [3.05, 3.63) is 0 Å². The second kappa shape index (κ2) is 4.04. The predicted octanol–water partition coefficient (Wildman–Crippen LogP) is -0.972. The Kier molecular flexibility index (Phi) is 3.24. The highest BCUT2D eigenvalue weighted by Crippen LogP contribution is 2.21. The molecule has 76 valence electrons. The van der Waals surface area contributed by atoms with Gasteiger partial charge in [0.15, 0.2) is 0 Å². The second-order valence-corrected chi connectivity index (χ2v) is 3.30. The smallest absolute Gasteiger partial charge is 0.328 e. The maximum Gasteiger partial charge on any atom is 0.328 e. The molecule has 0 spiro atoms. The number of methoxy groups -OCH3 is 1. The minimum Gasteiger partial charge on any atom is -0.468 e. The van der Waals surface area contributed by atoms with Crippen molar-refractivity contribution in [3.8, 4) is 0 Å². The zero-order valence-electron chi connectivity index (χ0n) is 7.66. The zero-order valence-corrected chi connectivity index (χ0v) is 7.66. The summed E-state index contributed by atoms with van der Waals surface area (Å²) in [5.41, 5.74) is 4.72. The van der Waals surface area contributed by atoms with Crippen LogP contribution in [0.25, 0.3) is 0 Å². The normalized spacial score (nSPS) is 34.2. The van der Waals surface area contributed by atoms with Gasteiger partial charge in [-0.1, -0.05) is 0 Å². The summed E-state index contributed by atoms with van der Waals surface area (Å²) in [6.45, 7) is 0.0855. The molecule has 0 saturated carbocycles. The zero-order chi connectivity index (χ0) is 9.90. The molecule has 0 aromatic rings. The van der Waals surface area contributed by atoms with Crippen LogP contribution in [0, 0.1) is 0 Å². The minimum absolute atomic E-state index is 0.0305. The summed E-state index contributed by atoms with van der Waals surface area (Å²) >= 11 is 0. The van der Waals surface area contributed by atoms with Crippen LogP contribution in [0.4, 0.5) is 0 Å². The van der Waals surface area contributed by atoms with Gasteiger partial charge in [-0.2, -0.15) is 0 Å². The van der Waals surface area contributed by atoms with Crippen LogP contribution in [-0.4, -0.2) is 43.0 Å². The van der Waals surface area contributed by atoms with E-state index in [0.717, 1.165) is 0 Å². The van der Waals surface area contributed by atoms with Gasteiger partial charge < -0.3 is 20.3 Å². The van der Waals surface area contributed by atoms with E-state index < -0.39 is 11.5 Å². The Balaban J connectivity index is 2.51. The molecule has 0 bridgehead atoms. The van der Waals surface area contributed by atoms with Gasteiger partial charge >= 0.3 is 5.97 Å². The molecule has 13 heavy (non-hydrogen) atoms. The van der Waals surface area contributed by atoms with Crippen LogP contribution in [0.1, 0.15) is 12.8 Å². The first kappa shape index (κ1) is 10.4. The maximum absolute atomic E-state index is 11.2. The number of esters is 1. The SMILES string of the molecule is COC(=O)[C@]1(N)CC[C@@H](CO)OC1. The van der Waals surface area contributed by atoms with Gasteiger partial charge in [-0.3, -0.25) is 0 Å². The van der Waals surface area contributed by atoms with Crippen molar-refractivity contribution in [3.63, 3.8) is 0 Å². The van der Waals surface area contributed by atoms with Crippen molar-refractivity contribution in [2.75, 3.05) is 20.3 Å². The molecule has 0 unspecified atom stereocenters. The number of rotatable bonds is 2. The van der Waals surface area contributed by atoms with Crippen LogP contribution < -0.4 is 5.73 Å². The highest BCUT2D eigenvalue weighted by Gasteiger charge is 2.39. The van der Waals surface area contributed by atoms with Gasteiger partial charge in [-0.25, -0.2) is 4.79 Å². The number of hydrogen-bond donors (Lipinski definition) is 2. The molecule has 1 fully saturated rings. The Labute approximate surface area is 76.8 Å². The third-order valence-electron chi connectivity index (χ3n) is 2.28. The quantitative estimate of drug-likeness (QED) is 0.546. The molecular weight excluding hydrogens is 174 g/mol. The molecule has 1 saturated heterocycles. The Morgan fingerprint density at radius 1 is 1.85 bits per heavy atom. The Hall–Kier alpha value is -0.650. The molecule has 0 radical (unpaired) electrons. The lowest BCUT2D eigenvalue weighted by Crippen LogP contribution is -2.56. The van der Waals surface area contributed by atoms with Crippen LogP contribution in [0.2, 0.25) is 0 Å². The average molecular weight is 189 g/mol. The lowest BCUT2D eigenvalue weighted by molar-refractivity contribution is -0.155. The summed E-state index contributed by atoms with van der Waals surface area (Å²) in [6, 6.07) is 0. The number of ether oxygens (including phenoxy) is 2. The molecule has 0 aliphatic carbocycles. The van der Waals surface area contributed by atoms with Crippen LogP contribution in [0.3, 0.4) is 0 Å². The number of aliphatic hydroxyl groups is 1. The molecule has 1 heterocycles. The van der Waals surface area contributed by atoms with Crippen LogP contribution in [-0.2, 0) is 14.3 Å². The Morgan fingerprint density at radius 2 is 2.54 bits per heavy atom. The molecule has 0 amide bonds. The Morgan fingerprint density at radius 3 is 2.92 bits per heavy atom. The van der Waals surface area contributed by atoms with E-state index >= 15 is 0 Å². The summed E-state index contributed by atoms with van der Waals surface area (Å²) in [5.74, 6) is -0.455. The van der Waals surface area contributed by atoms with Gasteiger partial charge in [0.1, 0.15) is 5.54 Å². The van der Waals surface area contributed by atoms with Gasteiger partial charge in [0.2, 0.25) is 0 Å². The molecule has 0 aromatic heterocycles. The van der Waals surface area contributed by atoms with Gasteiger partial charge in [0.05, 0.1) is 26.4 Å². The second-order valence-electron chi connectivity index (χ2n) is 3.30. The third kappa shape index (κ3) is 2.18. The maximum atomic E-state index is 11.2. The van der Waals surface area contributed by atoms with Crippen molar-refractivity contribution < 1.29 is 19.4 Å². The molecule has 5 heteroatoms. The minimum atomic E-state index is -1.03. The topological polar surface area (TPSA) is 81.8 Å². The molecule has 0 aromatic carbocycles. The third-order valence-corrected chi connectivity index (χ3v) is 2.28. The Bertz CT molecular complexity index is 187. The first-order valence-electron chi connectivity index (χ1n) is 4.22. The summed E-state index contributed by atoms with van der Waals surface area (Å²) in [6.07, 6.45) is 0.883. The van der Waals surface area contributed by atoms with Gasteiger partial charge in [-0.05, 0) is 12.8 Å². The first-order chi connectivity index (χ1) is 6.12. The molecule has 1 aliphatic heterocycles. The van der Waals surface area contributed by atoms with E-state index in [4.69, 9.17) is 15.6 Å². The van der Waals surface area contributed by atoms with E-state index in [0.29, 0.717) is 12.8 Å². The van der Waals surface area contributed by atoms with Crippen molar-refractivity contribution >= 4 is 5.97 Å². The standard InChI is InChI=1S/C8H15NO4/c1-12-7(11)8(9)3-2-6(4-10)13-5-8/h6,10H,2-5,9H2,1H3/t6-,8-/m0/s1. The van der Waals surface area contributed by atoms with E-state index in [9.17, 15) is 4.79 Å². The van der Waals surface area contributed by atoms with Crippen LogP contribution in [0.15, 0.2) is 0 Å². The fourth-order valence-corrected chi connectivity index (χ4v) is 1.35. The fraction of sp³-hybridized carbons (Fsp3) is 0.875. The molecule has 3 N–H and O–H groups in total. The van der Waals surface area contributed by atoms with Crippen LogP contribution in [0.5, 0.6) is 0 Å². The van der Waals surface area contributed by atoms with Crippen LogP contribution >= 0.6 is 0 Å². The number of carbonyl (C=O) groups is 1. The average Bonchev–Trinajstić information content (AvgIpc) is 2.18. The number of aliphatic hydroxyl groups excluding tert-OH is 1. The van der Waals surface area contributed by atoms with Crippen molar-refractivity contribution in [2.45, 2.75) is 24.5 Å². The lowest BCUT2D eigenvalue weighted by atomic mass is 9.91. The van der Waals surface area contributed by atoms with Gasteiger partial charge in [0, 0.05) is 0 Å². The van der Waals surface area contributed by atoms with Crippen molar-refractivity contribution in [2.24, 2.45) is 5.73 Å². The molecule has 5 nitrogen and oxygen atoms in total. The van der Waals surface area contributed by atoms with E-state index in [1.54, 1.807) is 0 Å². The van der Waals surface area contributed by atoms with Gasteiger partial charge in [-0.15, -0.1) is 0 Å². The monoisotopic (exact) mass is 189 g/mol. The summed E-state index contributed by atoms with van der Waals surface area (Å²) < 4.78 is 9.74. The number of nitrogens with two attached hydrogens (primary N) is 1. The van der Waals surface area contributed by atoms with Crippen molar-refractivity contribution in [1.29, 1.82) is 0 Å². The lowest BCUT2D eigenvalue weighted by Gasteiger charge is -2.33. The van der Waals surface area contributed by atoms with E-state index in [1.807, 2.05) is 0 Å². The van der Waals surface area contributed by atoms with E-state index in [-0.39, 0.29) is 19.3 Å².